The van der Waals surface area contributed by atoms with Gasteiger partial charge in [-0.15, -0.1) is 11.5 Å². The van der Waals surface area contributed by atoms with E-state index in [2.05, 4.69) is 96.3 Å². The van der Waals surface area contributed by atoms with Crippen LogP contribution in [0.25, 0.3) is 0 Å². The summed E-state index contributed by atoms with van der Waals surface area (Å²) in [5.41, 5.74) is 15.2. The molecule has 0 aliphatic carbocycles. The molecular formula is C76H143N13O20. The van der Waals surface area contributed by atoms with E-state index in [9.17, 15) is 53.6 Å². The van der Waals surface area contributed by atoms with E-state index in [1.54, 1.807) is 27.9 Å². The Morgan fingerprint density at radius 2 is 0.835 bits per heavy atom. The summed E-state index contributed by atoms with van der Waals surface area (Å²) in [5, 5.41) is 52.0. The van der Waals surface area contributed by atoms with Gasteiger partial charge in [0.15, 0.2) is 5.78 Å². The minimum atomic E-state index is -0.686. The van der Waals surface area contributed by atoms with Crippen LogP contribution in [0, 0.1) is 5.92 Å². The minimum absolute atomic E-state index is 0. The van der Waals surface area contributed by atoms with Gasteiger partial charge in [0.25, 0.3) is 0 Å². The number of hydrogen-bond acceptors (Lipinski definition) is 26. The van der Waals surface area contributed by atoms with Gasteiger partial charge in [-0.25, -0.2) is 0 Å². The first-order valence-corrected chi connectivity index (χ1v) is 37.8. The Bertz CT molecular complexity index is 2520. The first-order valence-electron chi connectivity index (χ1n) is 37.8. The largest absolute Gasteiger partial charge is 0.411 e. The number of carbonyl (C=O) groups excluding carboxylic acids is 9. The van der Waals surface area contributed by atoms with Crippen molar-refractivity contribution in [3.05, 3.63) is 37.3 Å². The zero-order valence-corrected chi connectivity index (χ0v) is 66.7. The molecule has 0 aromatic heterocycles. The van der Waals surface area contributed by atoms with Crippen molar-refractivity contribution in [3.8, 4) is 0 Å². The number of amides is 7. The van der Waals surface area contributed by atoms with Gasteiger partial charge in [-0.1, -0.05) is 57.2 Å². The average molecular weight is 1560 g/mol. The molecule has 0 unspecified atom stereocenters. The molecule has 632 valence electrons. The first kappa shape index (κ1) is 108. The number of nitrogens with two attached hydrogens (primary N) is 2. The number of likely N-dealkylation sites (N-methyl/N-ethyl adjacent to an activating group) is 2. The summed E-state index contributed by atoms with van der Waals surface area (Å²) < 4.78 is 49.0. The van der Waals surface area contributed by atoms with Crippen LogP contribution in [-0.2, 0) is 85.8 Å². The smallest absolute Gasteiger partial charge is 0.246 e. The molecule has 0 spiro atoms. The van der Waals surface area contributed by atoms with Crippen LogP contribution in [0.4, 0.5) is 0 Å². The van der Waals surface area contributed by atoms with Gasteiger partial charge in [0.2, 0.25) is 41.4 Å². The second kappa shape index (κ2) is 75.1. The maximum absolute atomic E-state index is 13.4. The lowest BCUT2D eigenvalue weighted by atomic mass is 9.93. The number of nitrogens with zero attached hydrogens (tertiary/aromatic N) is 2. The van der Waals surface area contributed by atoms with Crippen molar-refractivity contribution in [3.63, 3.8) is 0 Å². The molecule has 0 saturated heterocycles. The second-order valence-corrected chi connectivity index (χ2v) is 26.3. The van der Waals surface area contributed by atoms with Crippen molar-refractivity contribution in [1.29, 1.82) is 0 Å². The van der Waals surface area contributed by atoms with Crippen molar-refractivity contribution in [2.24, 2.45) is 27.7 Å². The number of nitrogens with one attached hydrogen (secondary N) is 9. The maximum Gasteiger partial charge on any atom is 0.246 e. The predicted octanol–water partition coefficient (Wildman–Crippen LogP) is 3.78. The molecule has 109 heavy (non-hydrogen) atoms. The Morgan fingerprint density at radius 3 is 1.22 bits per heavy atom. The van der Waals surface area contributed by atoms with Crippen LogP contribution < -0.4 is 59.3 Å². The number of unbranched alkanes of at least 4 members (excludes halogenated alkanes) is 5. The van der Waals surface area contributed by atoms with Gasteiger partial charge in [-0.3, -0.25) is 43.2 Å². The first-order chi connectivity index (χ1) is 51.7. The molecule has 0 rings (SSSR count). The Hall–Kier alpha value is -6.91. The number of rotatable bonds is 72. The van der Waals surface area contributed by atoms with E-state index < -0.39 is 40.9 Å². The van der Waals surface area contributed by atoms with Crippen molar-refractivity contribution in [1.82, 2.24) is 47.9 Å². The highest BCUT2D eigenvalue weighted by molar-refractivity contribution is 5.91. The zero-order chi connectivity index (χ0) is 81.3. The number of primary amides is 2. The van der Waals surface area contributed by atoms with Crippen LogP contribution in [0.15, 0.2) is 47.6 Å². The lowest BCUT2D eigenvalue weighted by Gasteiger charge is -2.32. The molecule has 0 bridgehead atoms. The monoisotopic (exact) mass is 1560 g/mol. The third kappa shape index (κ3) is 68.8. The van der Waals surface area contributed by atoms with E-state index >= 15 is 0 Å². The molecule has 15 N–H and O–H groups in total. The van der Waals surface area contributed by atoms with Gasteiger partial charge in [0.05, 0.1) is 120 Å². The van der Waals surface area contributed by atoms with Crippen LogP contribution >= 0.6 is 0 Å². The summed E-state index contributed by atoms with van der Waals surface area (Å²) in [6.07, 6.45) is 12.3. The minimum Gasteiger partial charge on any atom is -0.411 e. The van der Waals surface area contributed by atoms with Crippen LogP contribution in [-0.4, -0.2) is 276 Å². The summed E-state index contributed by atoms with van der Waals surface area (Å²) in [5.74, 6) is -3.03. The normalized spacial score (nSPS) is 12.3. The Balaban J connectivity index is -0.00000518. The number of oxime groups is 2. The van der Waals surface area contributed by atoms with Crippen molar-refractivity contribution < 1.29 is 96.2 Å². The van der Waals surface area contributed by atoms with Crippen LogP contribution in [0.2, 0.25) is 0 Å². The number of hydrogen-bond donors (Lipinski definition) is 13. The summed E-state index contributed by atoms with van der Waals surface area (Å²) in [7, 11) is 3.33. The van der Waals surface area contributed by atoms with E-state index in [4.69, 9.17) is 54.1 Å². The molecular weight excluding hydrogens is 1410 g/mol. The third-order valence-electron chi connectivity index (χ3n) is 16.5. The van der Waals surface area contributed by atoms with Crippen molar-refractivity contribution in [2.45, 2.75) is 207 Å². The highest BCUT2D eigenvalue weighted by atomic mass is 16.6. The number of ketones is 2. The average Bonchev–Trinajstić information content (AvgIpc) is 0.884. The van der Waals surface area contributed by atoms with Gasteiger partial charge in [-0.05, 0) is 145 Å². The molecule has 0 aromatic rings. The van der Waals surface area contributed by atoms with Crippen molar-refractivity contribution >= 4 is 64.3 Å². The molecule has 0 radical (unpaired) electrons. The topological polar surface area (TPSA) is 462 Å². The number of allylic oxidation sites excluding steroid dienone is 1. The van der Waals surface area contributed by atoms with Crippen LogP contribution in [0.1, 0.15) is 178 Å². The molecule has 33 nitrogen and oxygen atoms in total. The number of carbonyl (C=O) groups is 9. The van der Waals surface area contributed by atoms with Gasteiger partial charge in [0.1, 0.15) is 32.2 Å². The van der Waals surface area contributed by atoms with Gasteiger partial charge >= 0.3 is 0 Å². The molecule has 3 atom stereocenters. The predicted molar refractivity (Wildman–Crippen MR) is 421 cm³/mol. The molecule has 33 heteroatoms. The fourth-order valence-electron chi connectivity index (χ4n) is 9.32. The van der Waals surface area contributed by atoms with E-state index in [0.29, 0.717) is 161 Å². The third-order valence-corrected chi connectivity index (χ3v) is 16.5. The Morgan fingerprint density at radius 1 is 0.468 bits per heavy atom. The van der Waals surface area contributed by atoms with E-state index in [-0.39, 0.29) is 153 Å². The lowest BCUT2D eigenvalue weighted by Crippen LogP contribution is -2.57. The Kier molecular flexibility index (Phi) is 74.8. The highest BCUT2D eigenvalue weighted by Crippen LogP contribution is 2.17. The molecule has 0 aliphatic heterocycles. The second-order valence-electron chi connectivity index (χ2n) is 26.3. The number of Topliss-reactive ketones (excluding diaryl/α,β-unsaturated/α-hetero) is 2. The fourth-order valence-corrected chi connectivity index (χ4v) is 9.32. The van der Waals surface area contributed by atoms with Gasteiger partial charge in [-0.2, -0.15) is 0 Å². The van der Waals surface area contributed by atoms with Crippen LogP contribution in [0.5, 0.6) is 0 Å². The van der Waals surface area contributed by atoms with Gasteiger partial charge in [0, 0.05) is 84.1 Å². The maximum atomic E-state index is 13.4. The molecule has 0 fully saturated rings. The molecule has 0 aliphatic rings. The quantitative estimate of drug-likeness (QED) is 0.0135. The van der Waals surface area contributed by atoms with E-state index in [1.165, 1.54) is 6.42 Å². The molecule has 7 amide bonds. The molecule has 0 aromatic carbocycles. The summed E-state index contributed by atoms with van der Waals surface area (Å²) in [6, 6.07) is -1.28. The highest BCUT2D eigenvalue weighted by Gasteiger charge is 2.28. The SMILES string of the molecule is C.C=C=C.C=C=CCCC.CN[C@@H](CCCCNC(=O)COCCOCCOCC(=O)CCCCOCCOCCOCCCNC(=O)COCCOCCOCC(=O)NCCCC[C@H](CC(=O)CCCC(=O)NC(CNC(C)(C)/C(C)=N/O)CNC(C)(C)/C(C)=N/O)C(=O)NCCCC[C@H](NC)C(N)=O)C(N)=O. The summed E-state index contributed by atoms with van der Waals surface area (Å²) in [6.45, 7) is 28.8. The summed E-state index contributed by atoms with van der Waals surface area (Å²) >= 11 is 0. The van der Waals surface area contributed by atoms with Gasteiger partial charge < -0.3 is 112 Å². The molecule has 0 heterocycles. The van der Waals surface area contributed by atoms with E-state index in [0.717, 1.165) is 25.7 Å². The zero-order valence-electron chi connectivity index (χ0n) is 66.7. The lowest BCUT2D eigenvalue weighted by molar-refractivity contribution is -0.130. The van der Waals surface area contributed by atoms with E-state index in [1.807, 2.05) is 33.8 Å². The summed E-state index contributed by atoms with van der Waals surface area (Å²) in [4.78, 5) is 111. The Labute approximate surface area is 650 Å². The fraction of sp³-hybridized carbons (Fsp3) is 0.776. The van der Waals surface area contributed by atoms with Crippen molar-refractivity contribution in [2.75, 3.05) is 172 Å². The standard InChI is InChI=1S/C66H125N13O20.C6H10.C3H4.CH4/c1-50(78-89)65(3,4)75-44-53(45-76-66(5,6)51(2)79-90)77-58(82)24-17-21-54(80)43-52(64(88)74-27-15-11-23-57(70-8)63(68)87)19-9-13-25-71-59(83)47-98-41-37-95-38-42-99-49-61(85)73-28-18-30-92-32-34-93-33-31-91-29-16-12-20-55(81)46-96-39-35-94-36-40-97-48-60(84)72-26-14-10-22-56(69-7)62(67)86;1-3-5-6-4-2;1-3-2;/h52-53,56-57,69-70,75-76,89-90H,9-49H2,1-8H3,(H2,67,86)(H2,68,87)(H,71,83)(H,72,84)(H,73,85)(H,74,88)(H,77,82);5H,1,4,6H2,2H3;1-2H2;1H4/b78-50+,79-51+;;;/t52-,56+,57+;;;/m1.../s1. The number of ether oxygens (including phenoxy) is 9. The molecule has 0 saturated carbocycles. The van der Waals surface area contributed by atoms with Crippen LogP contribution in [0.3, 0.4) is 0 Å².